The molecule has 0 spiro atoms. The number of halogens is 1. The van der Waals surface area contributed by atoms with Gasteiger partial charge in [-0.1, -0.05) is 11.6 Å². The van der Waals surface area contributed by atoms with Crippen molar-refractivity contribution in [2.75, 3.05) is 32.1 Å². The highest BCUT2D eigenvalue weighted by Crippen LogP contribution is 2.27. The quantitative estimate of drug-likeness (QED) is 0.861. The summed E-state index contributed by atoms with van der Waals surface area (Å²) in [5.41, 5.74) is 0.228. The third-order valence-electron chi connectivity index (χ3n) is 3.35. The lowest BCUT2D eigenvalue weighted by atomic mass is 9.98. The van der Waals surface area contributed by atoms with Crippen LogP contribution < -0.4 is 5.32 Å². The maximum atomic E-state index is 12.2. The Kier molecular flexibility index (Phi) is 4.32. The second-order valence-electron chi connectivity index (χ2n) is 4.92. The molecule has 2 rings (SSSR count). The fraction of sp³-hybridized carbons (Fsp3) is 0.500. The molecule has 0 radical (unpaired) electrons. The van der Waals surface area contributed by atoms with Gasteiger partial charge in [0.2, 0.25) is 0 Å². The van der Waals surface area contributed by atoms with Crippen LogP contribution in [-0.2, 0) is 9.53 Å². The van der Waals surface area contributed by atoms with Gasteiger partial charge in [0, 0.05) is 23.8 Å². The molecule has 1 fully saturated rings. The number of likely N-dealkylation sites (tertiary alicyclic amines) is 1. The van der Waals surface area contributed by atoms with E-state index in [4.69, 9.17) is 16.3 Å². The summed E-state index contributed by atoms with van der Waals surface area (Å²) in [6.07, 6.45) is 0.741. The van der Waals surface area contributed by atoms with Gasteiger partial charge < -0.3 is 15.0 Å². The zero-order valence-electron chi connectivity index (χ0n) is 11.3. The van der Waals surface area contributed by atoms with Crippen LogP contribution in [0.4, 0.5) is 5.69 Å². The van der Waals surface area contributed by atoms with Crippen LogP contribution in [0.15, 0.2) is 24.3 Å². The summed E-state index contributed by atoms with van der Waals surface area (Å²) < 4.78 is 5.22. The molecule has 1 aliphatic rings. The average Bonchev–Trinajstić information content (AvgIpc) is 2.75. The number of hydrogen-bond donors (Lipinski definition) is 1. The van der Waals surface area contributed by atoms with Crippen LogP contribution in [0.1, 0.15) is 13.3 Å². The SMILES string of the molecule is CCOC(=O)C1(Nc2ccc(Cl)cc2)CCN(C)C1. The van der Waals surface area contributed by atoms with Crippen LogP contribution >= 0.6 is 11.6 Å². The molecular weight excluding hydrogens is 264 g/mol. The van der Waals surface area contributed by atoms with Crippen molar-refractivity contribution < 1.29 is 9.53 Å². The first-order valence-corrected chi connectivity index (χ1v) is 6.83. The Bertz CT molecular complexity index is 449. The van der Waals surface area contributed by atoms with Gasteiger partial charge in [0.25, 0.3) is 0 Å². The van der Waals surface area contributed by atoms with Crippen molar-refractivity contribution in [1.29, 1.82) is 0 Å². The van der Waals surface area contributed by atoms with Crippen molar-refractivity contribution in [3.05, 3.63) is 29.3 Å². The Morgan fingerprint density at radius 3 is 2.68 bits per heavy atom. The average molecular weight is 283 g/mol. The third kappa shape index (κ3) is 3.19. The van der Waals surface area contributed by atoms with Crippen molar-refractivity contribution in [2.24, 2.45) is 0 Å². The van der Waals surface area contributed by atoms with Gasteiger partial charge >= 0.3 is 5.97 Å². The van der Waals surface area contributed by atoms with E-state index in [1.807, 2.05) is 26.1 Å². The van der Waals surface area contributed by atoms with E-state index >= 15 is 0 Å². The summed E-state index contributed by atoms with van der Waals surface area (Å²) in [6, 6.07) is 7.37. The Morgan fingerprint density at radius 2 is 2.16 bits per heavy atom. The van der Waals surface area contributed by atoms with Gasteiger partial charge in [-0.3, -0.25) is 0 Å². The Morgan fingerprint density at radius 1 is 1.47 bits per heavy atom. The molecule has 0 aromatic heterocycles. The van der Waals surface area contributed by atoms with E-state index < -0.39 is 5.54 Å². The summed E-state index contributed by atoms with van der Waals surface area (Å²) in [5, 5.41) is 4.00. The van der Waals surface area contributed by atoms with Crippen LogP contribution in [0, 0.1) is 0 Å². The highest BCUT2D eigenvalue weighted by atomic mass is 35.5. The van der Waals surface area contributed by atoms with Crippen LogP contribution in [0.2, 0.25) is 5.02 Å². The van der Waals surface area contributed by atoms with Crippen molar-refractivity contribution in [3.8, 4) is 0 Å². The minimum atomic E-state index is -0.654. The maximum absolute atomic E-state index is 12.2. The number of rotatable bonds is 4. The predicted molar refractivity (Wildman–Crippen MR) is 76.6 cm³/mol. The van der Waals surface area contributed by atoms with Gasteiger partial charge in [-0.25, -0.2) is 4.79 Å². The monoisotopic (exact) mass is 282 g/mol. The van der Waals surface area contributed by atoms with Crippen molar-refractivity contribution in [3.63, 3.8) is 0 Å². The number of esters is 1. The lowest BCUT2D eigenvalue weighted by Crippen LogP contribution is -2.49. The molecule has 19 heavy (non-hydrogen) atoms. The number of anilines is 1. The molecule has 0 bridgehead atoms. The van der Waals surface area contributed by atoms with E-state index in [2.05, 4.69) is 10.2 Å². The van der Waals surface area contributed by atoms with Gasteiger partial charge in [-0.15, -0.1) is 0 Å². The summed E-state index contributed by atoms with van der Waals surface area (Å²) >= 11 is 5.87. The number of hydrogen-bond acceptors (Lipinski definition) is 4. The third-order valence-corrected chi connectivity index (χ3v) is 3.61. The van der Waals surface area contributed by atoms with E-state index in [-0.39, 0.29) is 5.97 Å². The van der Waals surface area contributed by atoms with E-state index in [9.17, 15) is 4.79 Å². The van der Waals surface area contributed by atoms with Crippen molar-refractivity contribution >= 4 is 23.3 Å². The van der Waals surface area contributed by atoms with Crippen molar-refractivity contribution in [1.82, 2.24) is 4.90 Å². The van der Waals surface area contributed by atoms with Gasteiger partial charge in [0.1, 0.15) is 5.54 Å². The Balaban J connectivity index is 2.19. The van der Waals surface area contributed by atoms with Crippen LogP contribution in [-0.4, -0.2) is 43.2 Å². The molecule has 104 valence electrons. The molecule has 1 heterocycles. The fourth-order valence-electron chi connectivity index (χ4n) is 2.40. The molecule has 4 nitrogen and oxygen atoms in total. The van der Waals surface area contributed by atoms with E-state index in [1.54, 1.807) is 12.1 Å². The number of carbonyl (C=O) groups is 1. The van der Waals surface area contributed by atoms with Gasteiger partial charge in [-0.05, 0) is 44.7 Å². The number of ether oxygens (including phenoxy) is 1. The zero-order valence-corrected chi connectivity index (χ0v) is 12.0. The smallest absolute Gasteiger partial charge is 0.333 e. The molecule has 1 saturated heterocycles. The molecule has 1 unspecified atom stereocenters. The van der Waals surface area contributed by atoms with Gasteiger partial charge in [0.15, 0.2) is 0 Å². The second-order valence-corrected chi connectivity index (χ2v) is 5.36. The first kappa shape index (κ1) is 14.2. The molecule has 0 amide bonds. The largest absolute Gasteiger partial charge is 0.464 e. The van der Waals surface area contributed by atoms with Crippen LogP contribution in [0.3, 0.4) is 0 Å². The lowest BCUT2D eigenvalue weighted by Gasteiger charge is -2.29. The first-order valence-electron chi connectivity index (χ1n) is 6.45. The number of nitrogens with one attached hydrogen (secondary N) is 1. The van der Waals surface area contributed by atoms with E-state index in [1.165, 1.54) is 0 Å². The maximum Gasteiger partial charge on any atom is 0.333 e. The first-order chi connectivity index (χ1) is 9.05. The number of benzene rings is 1. The van der Waals surface area contributed by atoms with Gasteiger partial charge in [0.05, 0.1) is 6.61 Å². The Labute approximate surface area is 118 Å². The molecular formula is C14H19ClN2O2. The minimum Gasteiger partial charge on any atom is -0.464 e. The minimum absolute atomic E-state index is 0.186. The normalized spacial score (nSPS) is 23.3. The summed E-state index contributed by atoms with van der Waals surface area (Å²) in [5.74, 6) is -0.186. The standard InChI is InChI=1S/C14H19ClN2O2/c1-3-19-13(18)14(8-9-17(2)10-14)16-12-6-4-11(15)5-7-12/h4-7,16H,3,8-10H2,1-2H3. The molecule has 1 aromatic carbocycles. The summed E-state index contributed by atoms with van der Waals surface area (Å²) in [4.78, 5) is 14.4. The summed E-state index contributed by atoms with van der Waals surface area (Å²) in [7, 11) is 2.00. The Hall–Kier alpha value is -1.26. The van der Waals surface area contributed by atoms with Crippen LogP contribution in [0.25, 0.3) is 0 Å². The molecule has 1 aromatic rings. The highest BCUT2D eigenvalue weighted by Gasteiger charge is 2.44. The molecule has 1 aliphatic heterocycles. The van der Waals surface area contributed by atoms with E-state index in [0.29, 0.717) is 18.2 Å². The highest BCUT2D eigenvalue weighted by molar-refractivity contribution is 6.30. The van der Waals surface area contributed by atoms with Gasteiger partial charge in [-0.2, -0.15) is 0 Å². The summed E-state index contributed by atoms with van der Waals surface area (Å²) in [6.45, 7) is 3.74. The molecule has 1 N–H and O–H groups in total. The molecule has 0 saturated carbocycles. The molecule has 0 aliphatic carbocycles. The van der Waals surface area contributed by atoms with Crippen molar-refractivity contribution in [2.45, 2.75) is 18.9 Å². The lowest BCUT2D eigenvalue weighted by molar-refractivity contribution is -0.148. The van der Waals surface area contributed by atoms with Crippen LogP contribution in [0.5, 0.6) is 0 Å². The number of carbonyl (C=O) groups excluding carboxylic acids is 1. The zero-order chi connectivity index (χ0) is 13.9. The number of likely N-dealkylation sites (N-methyl/N-ethyl adjacent to an activating group) is 1. The second kappa shape index (κ2) is 5.80. The fourth-order valence-corrected chi connectivity index (χ4v) is 2.53. The topological polar surface area (TPSA) is 41.6 Å². The predicted octanol–water partition coefficient (Wildman–Crippen LogP) is 2.39. The molecule has 1 atom stereocenters. The number of nitrogens with zero attached hydrogens (tertiary/aromatic N) is 1. The van der Waals surface area contributed by atoms with E-state index in [0.717, 1.165) is 18.7 Å². The molecule has 5 heteroatoms.